The van der Waals surface area contributed by atoms with Crippen molar-refractivity contribution < 1.29 is 0 Å². The molecule has 3 nitrogen and oxygen atoms in total. The third-order valence-corrected chi connectivity index (χ3v) is 4.35. The maximum atomic E-state index is 4.30. The van der Waals surface area contributed by atoms with Crippen LogP contribution in [0.5, 0.6) is 0 Å². The number of nitrogens with one attached hydrogen (secondary N) is 1. The molecule has 18 heavy (non-hydrogen) atoms. The number of aryl methyl sites for hydroxylation is 1. The van der Waals surface area contributed by atoms with Crippen LogP contribution in [0.2, 0.25) is 0 Å². The second kappa shape index (κ2) is 5.06. The van der Waals surface area contributed by atoms with E-state index in [2.05, 4.69) is 47.8 Å². The first-order valence-electron chi connectivity index (χ1n) is 6.31. The van der Waals surface area contributed by atoms with Crippen molar-refractivity contribution in [1.29, 1.82) is 0 Å². The Morgan fingerprint density at radius 3 is 3.17 bits per heavy atom. The summed E-state index contributed by atoms with van der Waals surface area (Å²) in [6, 6.07) is 9.10. The van der Waals surface area contributed by atoms with Crippen LogP contribution in [-0.2, 0) is 12.3 Å². The summed E-state index contributed by atoms with van der Waals surface area (Å²) in [5.41, 5.74) is 3.99. The Hall–Kier alpha value is -1.42. The van der Waals surface area contributed by atoms with Crippen molar-refractivity contribution >= 4 is 17.4 Å². The zero-order valence-corrected chi connectivity index (χ0v) is 11.3. The fraction of sp³-hybridized carbons (Fsp3) is 0.357. The van der Waals surface area contributed by atoms with Gasteiger partial charge in [0.25, 0.3) is 0 Å². The predicted molar refractivity (Wildman–Crippen MR) is 76.9 cm³/mol. The Kier molecular flexibility index (Phi) is 3.28. The van der Waals surface area contributed by atoms with Gasteiger partial charge in [-0.3, -0.25) is 4.68 Å². The molecule has 1 aromatic heterocycles. The van der Waals surface area contributed by atoms with E-state index >= 15 is 0 Å². The van der Waals surface area contributed by atoms with Crippen molar-refractivity contribution in [1.82, 2.24) is 9.78 Å². The van der Waals surface area contributed by atoms with Gasteiger partial charge in [0.15, 0.2) is 0 Å². The number of benzene rings is 1. The van der Waals surface area contributed by atoms with E-state index in [4.69, 9.17) is 0 Å². The molecule has 2 aromatic rings. The molecule has 0 amide bonds. The van der Waals surface area contributed by atoms with Crippen molar-refractivity contribution in [3.63, 3.8) is 0 Å². The molecule has 1 aliphatic heterocycles. The van der Waals surface area contributed by atoms with Crippen LogP contribution >= 0.6 is 11.8 Å². The van der Waals surface area contributed by atoms with Gasteiger partial charge in [0.05, 0.1) is 17.9 Å². The Morgan fingerprint density at radius 1 is 1.44 bits per heavy atom. The SMILES string of the molecule is CCn1cc(NC2CSCc3ccccc32)cn1. The first kappa shape index (κ1) is 11.7. The lowest BCUT2D eigenvalue weighted by atomic mass is 10.0. The van der Waals surface area contributed by atoms with E-state index < -0.39 is 0 Å². The van der Waals surface area contributed by atoms with Crippen LogP contribution in [0.3, 0.4) is 0 Å². The monoisotopic (exact) mass is 259 g/mol. The zero-order valence-electron chi connectivity index (χ0n) is 10.5. The van der Waals surface area contributed by atoms with E-state index in [1.807, 2.05) is 22.6 Å². The summed E-state index contributed by atoms with van der Waals surface area (Å²) in [7, 11) is 0. The molecule has 1 aliphatic rings. The topological polar surface area (TPSA) is 29.9 Å². The molecule has 1 N–H and O–H groups in total. The molecular formula is C14H17N3S. The lowest BCUT2D eigenvalue weighted by Gasteiger charge is -2.26. The van der Waals surface area contributed by atoms with Crippen molar-refractivity contribution in [3.05, 3.63) is 47.8 Å². The molecule has 0 aliphatic carbocycles. The number of hydrogen-bond donors (Lipinski definition) is 1. The Labute approximate surface area is 112 Å². The minimum Gasteiger partial charge on any atom is -0.375 e. The Bertz CT molecular complexity index is 535. The number of thioether (sulfide) groups is 1. The highest BCUT2D eigenvalue weighted by Crippen LogP contribution is 2.33. The van der Waals surface area contributed by atoms with Gasteiger partial charge in [-0.25, -0.2) is 0 Å². The molecule has 0 radical (unpaired) electrons. The molecule has 0 saturated heterocycles. The van der Waals surface area contributed by atoms with E-state index in [1.54, 1.807) is 0 Å². The van der Waals surface area contributed by atoms with Gasteiger partial charge in [0.2, 0.25) is 0 Å². The number of rotatable bonds is 3. The first-order chi connectivity index (χ1) is 8.86. The number of hydrogen-bond acceptors (Lipinski definition) is 3. The number of aromatic nitrogens is 2. The molecule has 0 saturated carbocycles. The first-order valence-corrected chi connectivity index (χ1v) is 7.47. The minimum atomic E-state index is 0.398. The summed E-state index contributed by atoms with van der Waals surface area (Å²) in [5, 5.41) is 7.89. The molecule has 4 heteroatoms. The molecule has 1 atom stereocenters. The molecule has 3 rings (SSSR count). The van der Waals surface area contributed by atoms with Gasteiger partial charge in [-0.2, -0.15) is 16.9 Å². The molecule has 0 bridgehead atoms. The standard InChI is InChI=1S/C14H17N3S/c1-2-17-8-12(7-15-17)16-14-10-18-9-11-5-3-4-6-13(11)14/h3-8,14,16H,2,9-10H2,1H3. The van der Waals surface area contributed by atoms with Crippen molar-refractivity contribution in [2.45, 2.75) is 25.3 Å². The predicted octanol–water partition coefficient (Wildman–Crippen LogP) is 3.30. The third kappa shape index (κ3) is 2.25. The second-order valence-corrected chi connectivity index (χ2v) is 5.53. The number of fused-ring (bicyclic) bond motifs is 1. The molecule has 1 unspecified atom stereocenters. The summed E-state index contributed by atoms with van der Waals surface area (Å²) in [6.45, 7) is 3.01. The molecule has 0 fully saturated rings. The van der Waals surface area contributed by atoms with Crippen molar-refractivity contribution in [3.8, 4) is 0 Å². The third-order valence-electron chi connectivity index (χ3n) is 3.27. The van der Waals surface area contributed by atoms with Gasteiger partial charge in [-0.1, -0.05) is 24.3 Å². The summed E-state index contributed by atoms with van der Waals surface area (Å²) < 4.78 is 1.95. The smallest absolute Gasteiger partial charge is 0.0731 e. The van der Waals surface area contributed by atoms with E-state index in [9.17, 15) is 0 Å². The molecule has 0 spiro atoms. The van der Waals surface area contributed by atoms with Gasteiger partial charge < -0.3 is 5.32 Å². The molecule has 2 heterocycles. The van der Waals surface area contributed by atoms with Gasteiger partial charge in [0.1, 0.15) is 0 Å². The van der Waals surface area contributed by atoms with Crippen LogP contribution in [-0.4, -0.2) is 15.5 Å². The van der Waals surface area contributed by atoms with Gasteiger partial charge >= 0.3 is 0 Å². The molecular weight excluding hydrogens is 242 g/mol. The van der Waals surface area contributed by atoms with E-state index in [1.165, 1.54) is 11.1 Å². The van der Waals surface area contributed by atoms with Crippen LogP contribution in [0, 0.1) is 0 Å². The Balaban J connectivity index is 1.81. The van der Waals surface area contributed by atoms with Gasteiger partial charge in [0, 0.05) is 24.2 Å². The quantitative estimate of drug-likeness (QED) is 0.917. The fourth-order valence-electron chi connectivity index (χ4n) is 2.31. The van der Waals surface area contributed by atoms with Crippen molar-refractivity contribution in [2.24, 2.45) is 0 Å². The number of anilines is 1. The summed E-state index contributed by atoms with van der Waals surface area (Å²) in [4.78, 5) is 0. The molecule has 1 aromatic carbocycles. The lowest BCUT2D eigenvalue weighted by molar-refractivity contribution is 0.660. The minimum absolute atomic E-state index is 0.398. The van der Waals surface area contributed by atoms with Gasteiger partial charge in [-0.05, 0) is 18.1 Å². The highest BCUT2D eigenvalue weighted by molar-refractivity contribution is 7.98. The second-order valence-electron chi connectivity index (χ2n) is 4.50. The normalized spacial score (nSPS) is 18.4. The average molecular weight is 259 g/mol. The average Bonchev–Trinajstić information content (AvgIpc) is 2.87. The van der Waals surface area contributed by atoms with Crippen LogP contribution in [0.15, 0.2) is 36.7 Å². The van der Waals surface area contributed by atoms with E-state index in [-0.39, 0.29) is 0 Å². The fourth-order valence-corrected chi connectivity index (χ4v) is 3.41. The Morgan fingerprint density at radius 2 is 2.33 bits per heavy atom. The maximum absolute atomic E-state index is 4.30. The summed E-state index contributed by atoms with van der Waals surface area (Å²) in [5.74, 6) is 2.25. The van der Waals surface area contributed by atoms with E-state index in [0.717, 1.165) is 23.7 Å². The lowest BCUT2D eigenvalue weighted by Crippen LogP contribution is -2.18. The molecule has 94 valence electrons. The zero-order chi connectivity index (χ0) is 12.4. The van der Waals surface area contributed by atoms with Crippen LogP contribution in [0.4, 0.5) is 5.69 Å². The summed E-state index contributed by atoms with van der Waals surface area (Å²) in [6.07, 6.45) is 3.98. The van der Waals surface area contributed by atoms with Crippen LogP contribution in [0.25, 0.3) is 0 Å². The van der Waals surface area contributed by atoms with E-state index in [0.29, 0.717) is 6.04 Å². The maximum Gasteiger partial charge on any atom is 0.0731 e. The van der Waals surface area contributed by atoms with Crippen LogP contribution in [0.1, 0.15) is 24.1 Å². The summed E-state index contributed by atoms with van der Waals surface area (Å²) >= 11 is 1.99. The number of nitrogens with zero attached hydrogens (tertiary/aromatic N) is 2. The van der Waals surface area contributed by atoms with Crippen molar-refractivity contribution in [2.75, 3.05) is 11.1 Å². The van der Waals surface area contributed by atoms with Crippen LogP contribution < -0.4 is 5.32 Å². The highest BCUT2D eigenvalue weighted by atomic mass is 32.2. The van der Waals surface area contributed by atoms with Gasteiger partial charge in [-0.15, -0.1) is 0 Å². The highest BCUT2D eigenvalue weighted by Gasteiger charge is 2.20. The largest absolute Gasteiger partial charge is 0.375 e.